The number of aromatic nitrogens is 2. The third kappa shape index (κ3) is 3.56. The van der Waals surface area contributed by atoms with Crippen molar-refractivity contribution in [2.24, 2.45) is 5.92 Å². The summed E-state index contributed by atoms with van der Waals surface area (Å²) in [4.78, 5) is 20.5. The van der Waals surface area contributed by atoms with Crippen LogP contribution >= 0.6 is 0 Å². The van der Waals surface area contributed by atoms with Gasteiger partial charge in [-0.1, -0.05) is 0 Å². The lowest BCUT2D eigenvalue weighted by Crippen LogP contribution is -2.25. The number of carbonyl (C=O) groups excluding carboxylic acids is 1. The molecule has 0 radical (unpaired) electrons. The molecule has 0 bridgehead atoms. The Labute approximate surface area is 157 Å². The van der Waals surface area contributed by atoms with Gasteiger partial charge in [-0.2, -0.15) is 0 Å². The third-order valence-electron chi connectivity index (χ3n) is 4.94. The number of hydrogen-bond donors (Lipinski definition) is 1. The molecule has 27 heavy (non-hydrogen) atoms. The van der Waals surface area contributed by atoms with E-state index in [-0.39, 0.29) is 17.9 Å². The van der Waals surface area contributed by atoms with Crippen molar-refractivity contribution < 1.29 is 14.3 Å². The van der Waals surface area contributed by atoms with E-state index in [1.165, 1.54) is 0 Å². The largest absolute Gasteiger partial charge is 0.495 e. The SMILES string of the molecule is COc1ccc(-c2cc(O[C@H](C)[C@H]3CNC(=O)C3)c3cccnc3c2)nc1. The van der Waals surface area contributed by atoms with Crippen LogP contribution in [0.5, 0.6) is 11.5 Å². The summed E-state index contributed by atoms with van der Waals surface area (Å²) < 4.78 is 11.5. The van der Waals surface area contributed by atoms with E-state index in [0.717, 1.165) is 27.9 Å². The van der Waals surface area contributed by atoms with Crippen molar-refractivity contribution in [1.82, 2.24) is 15.3 Å². The number of methoxy groups -OCH3 is 1. The normalized spacial score (nSPS) is 17.6. The maximum absolute atomic E-state index is 11.5. The molecule has 3 aromatic rings. The molecule has 0 aliphatic carbocycles. The van der Waals surface area contributed by atoms with Gasteiger partial charge in [0.15, 0.2) is 0 Å². The second-order valence-electron chi connectivity index (χ2n) is 6.72. The maximum atomic E-state index is 11.5. The Morgan fingerprint density at radius 1 is 1.22 bits per heavy atom. The molecule has 2 aromatic heterocycles. The molecule has 1 aliphatic rings. The van der Waals surface area contributed by atoms with E-state index in [4.69, 9.17) is 9.47 Å². The Hall–Kier alpha value is -3.15. The van der Waals surface area contributed by atoms with Gasteiger partial charge in [-0.05, 0) is 43.3 Å². The zero-order valence-electron chi connectivity index (χ0n) is 15.3. The first-order valence-corrected chi connectivity index (χ1v) is 8.96. The quantitative estimate of drug-likeness (QED) is 0.753. The lowest BCUT2D eigenvalue weighted by atomic mass is 10.0. The summed E-state index contributed by atoms with van der Waals surface area (Å²) in [6.45, 7) is 2.65. The average Bonchev–Trinajstić information content (AvgIpc) is 3.14. The van der Waals surface area contributed by atoms with Gasteiger partial charge in [0.1, 0.15) is 17.6 Å². The highest BCUT2D eigenvalue weighted by Crippen LogP contribution is 2.33. The van der Waals surface area contributed by atoms with E-state index >= 15 is 0 Å². The highest BCUT2D eigenvalue weighted by atomic mass is 16.5. The fraction of sp³-hybridized carbons (Fsp3) is 0.286. The predicted octanol–water partition coefficient (Wildman–Crippen LogP) is 3.21. The molecule has 1 fully saturated rings. The molecule has 0 saturated carbocycles. The van der Waals surface area contributed by atoms with E-state index in [1.54, 1.807) is 19.5 Å². The highest BCUT2D eigenvalue weighted by molar-refractivity contribution is 5.89. The first-order valence-electron chi connectivity index (χ1n) is 8.96. The second kappa shape index (κ2) is 7.23. The van der Waals surface area contributed by atoms with Crippen LogP contribution in [0.1, 0.15) is 13.3 Å². The summed E-state index contributed by atoms with van der Waals surface area (Å²) in [7, 11) is 1.62. The van der Waals surface area contributed by atoms with Crippen LogP contribution in [0.4, 0.5) is 0 Å². The number of rotatable bonds is 5. The van der Waals surface area contributed by atoms with Crippen molar-refractivity contribution in [3.63, 3.8) is 0 Å². The van der Waals surface area contributed by atoms with Gasteiger partial charge in [-0.25, -0.2) is 0 Å². The summed E-state index contributed by atoms with van der Waals surface area (Å²) in [5.41, 5.74) is 2.58. The van der Waals surface area contributed by atoms with Gasteiger partial charge in [-0.3, -0.25) is 14.8 Å². The molecule has 0 spiro atoms. The average molecular weight is 363 g/mol. The summed E-state index contributed by atoms with van der Waals surface area (Å²) in [6.07, 6.45) is 3.86. The lowest BCUT2D eigenvalue weighted by Gasteiger charge is -2.21. The maximum Gasteiger partial charge on any atom is 0.220 e. The Morgan fingerprint density at radius 3 is 2.81 bits per heavy atom. The minimum absolute atomic E-state index is 0.0816. The van der Waals surface area contributed by atoms with Gasteiger partial charge in [-0.15, -0.1) is 0 Å². The van der Waals surface area contributed by atoms with Crippen molar-refractivity contribution in [2.75, 3.05) is 13.7 Å². The minimum Gasteiger partial charge on any atom is -0.495 e. The van der Waals surface area contributed by atoms with Crippen LogP contribution in [0, 0.1) is 5.92 Å². The topological polar surface area (TPSA) is 73.3 Å². The van der Waals surface area contributed by atoms with Crippen LogP contribution in [-0.2, 0) is 4.79 Å². The molecule has 1 saturated heterocycles. The van der Waals surface area contributed by atoms with Gasteiger partial charge in [0, 0.05) is 36.0 Å². The lowest BCUT2D eigenvalue weighted by molar-refractivity contribution is -0.119. The van der Waals surface area contributed by atoms with E-state index < -0.39 is 0 Å². The number of carbonyl (C=O) groups is 1. The van der Waals surface area contributed by atoms with Gasteiger partial charge in [0.25, 0.3) is 0 Å². The highest BCUT2D eigenvalue weighted by Gasteiger charge is 2.28. The molecule has 0 unspecified atom stereocenters. The van der Waals surface area contributed by atoms with Gasteiger partial charge in [0.2, 0.25) is 5.91 Å². The second-order valence-corrected chi connectivity index (χ2v) is 6.72. The number of nitrogens with one attached hydrogen (secondary N) is 1. The van der Waals surface area contributed by atoms with Crippen LogP contribution in [0.25, 0.3) is 22.2 Å². The summed E-state index contributed by atoms with van der Waals surface area (Å²) in [5.74, 6) is 1.70. The number of hydrogen-bond acceptors (Lipinski definition) is 5. The van der Waals surface area contributed by atoms with E-state index in [9.17, 15) is 4.79 Å². The van der Waals surface area contributed by atoms with Crippen molar-refractivity contribution in [1.29, 1.82) is 0 Å². The molecular formula is C21H21N3O3. The van der Waals surface area contributed by atoms with Gasteiger partial charge < -0.3 is 14.8 Å². The number of ether oxygens (including phenoxy) is 2. The molecule has 1 amide bonds. The van der Waals surface area contributed by atoms with E-state index in [1.807, 2.05) is 43.3 Å². The Bertz CT molecular complexity index is 972. The summed E-state index contributed by atoms with van der Waals surface area (Å²) >= 11 is 0. The molecule has 3 heterocycles. The van der Waals surface area contributed by atoms with Crippen LogP contribution < -0.4 is 14.8 Å². The third-order valence-corrected chi connectivity index (χ3v) is 4.94. The Morgan fingerprint density at radius 2 is 2.11 bits per heavy atom. The summed E-state index contributed by atoms with van der Waals surface area (Å²) in [6, 6.07) is 11.7. The number of benzene rings is 1. The monoisotopic (exact) mass is 363 g/mol. The van der Waals surface area contributed by atoms with Gasteiger partial charge in [0.05, 0.1) is 24.5 Å². The number of fused-ring (bicyclic) bond motifs is 1. The van der Waals surface area contributed by atoms with Crippen LogP contribution in [0.15, 0.2) is 48.8 Å². The van der Waals surface area contributed by atoms with Crippen molar-refractivity contribution in [3.8, 4) is 22.8 Å². The molecule has 1 N–H and O–H groups in total. The molecular weight excluding hydrogens is 342 g/mol. The Kier molecular flexibility index (Phi) is 4.62. The minimum atomic E-state index is -0.0913. The van der Waals surface area contributed by atoms with Crippen molar-refractivity contribution >= 4 is 16.8 Å². The van der Waals surface area contributed by atoms with Crippen LogP contribution in [0.3, 0.4) is 0 Å². The summed E-state index contributed by atoms with van der Waals surface area (Å²) in [5, 5.41) is 3.81. The standard InChI is InChI=1S/C21H21N3O3/c1-13(15-10-21(25)24-11-15)27-20-9-14(8-19-17(20)4-3-7-22-19)18-6-5-16(26-2)12-23-18/h3-9,12-13,15H,10-11H2,1-2H3,(H,24,25)/t13-,15-/m1/s1. The van der Waals surface area contributed by atoms with Crippen LogP contribution in [0.2, 0.25) is 0 Å². The van der Waals surface area contributed by atoms with Crippen molar-refractivity contribution in [2.45, 2.75) is 19.4 Å². The number of amides is 1. The zero-order chi connectivity index (χ0) is 18.8. The molecule has 4 rings (SSSR count). The molecule has 1 aliphatic heterocycles. The fourth-order valence-electron chi connectivity index (χ4n) is 3.32. The van der Waals surface area contributed by atoms with Gasteiger partial charge >= 0.3 is 0 Å². The van der Waals surface area contributed by atoms with Crippen molar-refractivity contribution in [3.05, 3.63) is 48.8 Å². The molecule has 1 aromatic carbocycles. The molecule has 138 valence electrons. The zero-order valence-corrected chi connectivity index (χ0v) is 15.3. The number of pyridine rings is 2. The predicted molar refractivity (Wildman–Crippen MR) is 103 cm³/mol. The number of nitrogens with zero attached hydrogens (tertiary/aromatic N) is 2. The Balaban J connectivity index is 1.70. The molecule has 6 heteroatoms. The van der Waals surface area contributed by atoms with E-state index in [0.29, 0.717) is 18.7 Å². The smallest absolute Gasteiger partial charge is 0.220 e. The molecule has 2 atom stereocenters. The fourth-order valence-corrected chi connectivity index (χ4v) is 3.32. The first-order chi connectivity index (χ1) is 13.1. The first kappa shape index (κ1) is 17.3. The van der Waals surface area contributed by atoms with E-state index in [2.05, 4.69) is 15.3 Å². The van der Waals surface area contributed by atoms with Crippen LogP contribution in [-0.4, -0.2) is 35.6 Å². The molecule has 6 nitrogen and oxygen atoms in total.